The zero-order valence-corrected chi connectivity index (χ0v) is 1.85. The maximum Gasteiger partial charge on any atom is 0.171 e. The monoisotopic (exact) mass is 60.0 g/mol. The van der Waals surface area contributed by atoms with Crippen molar-refractivity contribution >= 4 is 6.34 Å². The van der Waals surface area contributed by atoms with Crippen LogP contribution in [0.2, 0.25) is 0 Å². The van der Waals surface area contributed by atoms with Crippen LogP contribution in [-0.4, -0.2) is 11.6 Å². The molecule has 1 aliphatic rings. The Kier molecular flexibility index (Phi) is 0.103. The highest BCUT2D eigenvalue weighted by Crippen LogP contribution is 1.94. The van der Waals surface area contributed by atoms with Crippen molar-refractivity contribution in [3.8, 4) is 0 Å². The summed E-state index contributed by atoms with van der Waals surface area (Å²) >= 11 is 0. The van der Waals surface area contributed by atoms with Crippen molar-refractivity contribution in [3.05, 3.63) is 0 Å². The lowest BCUT2D eigenvalue weighted by atomic mass is 11.5. The summed E-state index contributed by atoms with van der Waals surface area (Å²) in [6, 6.07) is 0. The molecule has 0 saturated carbocycles. The molecule has 0 fully saturated rings. The van der Waals surface area contributed by atoms with Gasteiger partial charge in [0.2, 0.25) is 0 Å². The minimum atomic E-state index is 0.250. The number of halogens is 1. The van der Waals surface area contributed by atoms with Gasteiger partial charge in [-0.1, -0.05) is 9.71 Å². The summed E-state index contributed by atoms with van der Waals surface area (Å²) in [5.41, 5.74) is 0. The summed E-state index contributed by atoms with van der Waals surface area (Å²) in [6.45, 7) is 0. The van der Waals surface area contributed by atoms with Gasteiger partial charge < -0.3 is 0 Å². The van der Waals surface area contributed by atoms with E-state index < -0.39 is 0 Å². The van der Waals surface area contributed by atoms with E-state index >= 15 is 0 Å². The van der Waals surface area contributed by atoms with Gasteiger partial charge in [0.15, 0.2) is 6.34 Å². The van der Waals surface area contributed by atoms with Gasteiger partial charge in [-0.3, -0.25) is 0 Å². The maximum atomic E-state index is 10.7. The molecule has 1 aliphatic heterocycles. The van der Waals surface area contributed by atoms with Crippen LogP contribution >= 0.6 is 0 Å². The Labute approximate surface area is 22.5 Å². The fourth-order valence-electron chi connectivity index (χ4n) is 0.0195. The molecule has 0 bridgehead atoms. The van der Waals surface area contributed by atoms with Crippen molar-refractivity contribution in [1.29, 1.82) is 0 Å². The molecule has 0 aromatic rings. The van der Waals surface area contributed by atoms with Crippen LogP contribution < -0.4 is 0 Å². The smallest absolute Gasteiger partial charge is 0.126 e. The van der Waals surface area contributed by atoms with E-state index in [-0.39, 0.29) is 5.23 Å². The third-order valence-corrected chi connectivity index (χ3v) is 0.203. The molecule has 3 heteroatoms. The molecule has 0 radical (unpaired) electrons. The third kappa shape index (κ3) is 0.0389. The van der Waals surface area contributed by atoms with Gasteiger partial charge in [0.25, 0.3) is 0 Å². The second-order valence-corrected chi connectivity index (χ2v) is 0.520. The Morgan fingerprint density at radius 1 is 2.00 bits per heavy atom. The van der Waals surface area contributed by atoms with E-state index in [1.165, 1.54) is 0 Å². The van der Waals surface area contributed by atoms with Crippen LogP contribution in [0.15, 0.2) is 5.10 Å². The van der Waals surface area contributed by atoms with Crippen LogP contribution in [0.25, 0.3) is 0 Å². The van der Waals surface area contributed by atoms with Gasteiger partial charge in [0, 0.05) is 0 Å². The fourth-order valence-corrected chi connectivity index (χ4v) is 0.0195. The number of hydrogen-bond acceptors (Lipinski definition) is 2. The lowest BCUT2D eigenvalue weighted by molar-refractivity contribution is 0.195. The molecule has 4 heavy (non-hydrogen) atoms. The first-order chi connectivity index (χ1) is 1.89. The lowest BCUT2D eigenvalue weighted by Crippen LogP contribution is -1.67. The molecular weight excluding hydrogens is 59.0 g/mol. The van der Waals surface area contributed by atoms with Gasteiger partial charge in [-0.05, 0) is 0 Å². The van der Waals surface area contributed by atoms with Gasteiger partial charge >= 0.3 is 0 Å². The van der Waals surface area contributed by atoms with Gasteiger partial charge in [-0.15, -0.1) is 5.10 Å². The summed E-state index contributed by atoms with van der Waals surface area (Å²) in [6.07, 6.45) is 1.08. The van der Waals surface area contributed by atoms with E-state index in [9.17, 15) is 4.48 Å². The molecule has 1 heterocycles. The summed E-state index contributed by atoms with van der Waals surface area (Å²) < 4.78 is 10.7. The van der Waals surface area contributed by atoms with E-state index in [0.29, 0.717) is 0 Å². The highest BCUT2D eigenvalue weighted by molar-refractivity contribution is 5.62. The summed E-state index contributed by atoms with van der Waals surface area (Å²) in [4.78, 5) is 0. The van der Waals surface area contributed by atoms with Crippen LogP contribution in [0.3, 0.4) is 0 Å². The van der Waals surface area contributed by atoms with E-state index in [0.717, 1.165) is 6.34 Å². The number of rotatable bonds is 0. The van der Waals surface area contributed by atoms with E-state index in [4.69, 9.17) is 0 Å². The Bertz CT molecular complexity index is 44.0. The fraction of sp³-hybridized carbons (Fsp3) is 0. The Balaban J connectivity index is 2.32. The first kappa shape index (κ1) is 1.69. The zero-order chi connectivity index (χ0) is 2.99. The Morgan fingerprint density at radius 3 is 2.25 bits per heavy atom. The summed E-state index contributed by atoms with van der Waals surface area (Å²) in [5.74, 6) is 0. The average Bonchev–Trinajstić information content (AvgIpc) is 1.75. The van der Waals surface area contributed by atoms with Crippen molar-refractivity contribution < 1.29 is 4.48 Å². The Morgan fingerprint density at radius 2 is 2.25 bits per heavy atom. The van der Waals surface area contributed by atoms with Crippen LogP contribution in [0, 0.1) is 0 Å². The average molecular weight is 60.0 g/mol. The zero-order valence-electron chi connectivity index (χ0n) is 1.85. The number of hydrogen-bond donors (Lipinski definition) is 0. The van der Waals surface area contributed by atoms with Gasteiger partial charge in [-0.2, -0.15) is 0 Å². The van der Waals surface area contributed by atoms with Crippen molar-refractivity contribution in [1.82, 2.24) is 5.23 Å². The van der Waals surface area contributed by atoms with Gasteiger partial charge in [0.1, 0.15) is 0 Å². The largest absolute Gasteiger partial charge is 0.171 e. The SMILES string of the molecule is FN1C=N1. The molecule has 0 N–H and O–H groups in total. The maximum absolute atomic E-state index is 10.7. The third-order valence-electron chi connectivity index (χ3n) is 0.203. The molecule has 0 spiro atoms. The topological polar surface area (TPSA) is 15.4 Å². The highest BCUT2D eigenvalue weighted by Gasteiger charge is 1.99. The van der Waals surface area contributed by atoms with Crippen molar-refractivity contribution in [2.24, 2.45) is 5.10 Å². The molecule has 0 saturated heterocycles. The molecule has 0 aromatic heterocycles. The minimum absolute atomic E-state index is 0.250. The number of hydrazone groups is 1. The van der Waals surface area contributed by atoms with Crippen molar-refractivity contribution in [2.75, 3.05) is 0 Å². The standard InChI is InChI=1S/CHFN2/c2-4-1-3-4/h1H. The van der Waals surface area contributed by atoms with Crippen molar-refractivity contribution in [3.63, 3.8) is 0 Å². The van der Waals surface area contributed by atoms with E-state index in [1.807, 2.05) is 0 Å². The quantitative estimate of drug-likeness (QED) is 0.363. The molecular formula is CHFN2. The van der Waals surface area contributed by atoms with Crippen LogP contribution in [-0.2, 0) is 0 Å². The molecule has 0 amide bonds. The number of nitrogens with zero attached hydrogens (tertiary/aromatic N) is 2. The second kappa shape index (κ2) is 0.243. The van der Waals surface area contributed by atoms with Gasteiger partial charge in [0.05, 0.1) is 0 Å². The van der Waals surface area contributed by atoms with Gasteiger partial charge in [-0.25, -0.2) is 0 Å². The molecule has 0 atom stereocenters. The molecule has 0 aliphatic carbocycles. The van der Waals surface area contributed by atoms with Crippen LogP contribution in [0.5, 0.6) is 0 Å². The minimum Gasteiger partial charge on any atom is -0.126 e. The Hall–Kier alpha value is -0.600. The van der Waals surface area contributed by atoms with Crippen LogP contribution in [0.1, 0.15) is 0 Å². The molecule has 0 aromatic carbocycles. The molecule has 0 unspecified atom stereocenters. The predicted octanol–water partition coefficient (Wildman–Crippen LogP) is 0.130. The lowest BCUT2D eigenvalue weighted by Gasteiger charge is -1.60. The molecule has 22 valence electrons. The molecule has 2 nitrogen and oxygen atoms in total. The first-order valence-electron chi connectivity index (χ1n) is 0.885. The van der Waals surface area contributed by atoms with Crippen molar-refractivity contribution in [2.45, 2.75) is 0 Å². The second-order valence-electron chi connectivity index (χ2n) is 0.520. The predicted molar refractivity (Wildman–Crippen MR) is 11.4 cm³/mol. The summed E-state index contributed by atoms with van der Waals surface area (Å²) in [7, 11) is 0. The van der Waals surface area contributed by atoms with E-state index in [1.54, 1.807) is 0 Å². The normalized spacial score (nSPS) is 17.8. The van der Waals surface area contributed by atoms with E-state index in [2.05, 4.69) is 5.10 Å². The van der Waals surface area contributed by atoms with Crippen LogP contribution in [0.4, 0.5) is 4.48 Å². The highest BCUT2D eigenvalue weighted by atomic mass is 19.2. The summed E-state index contributed by atoms with van der Waals surface area (Å²) in [5, 5.41) is 3.19. The first-order valence-corrected chi connectivity index (χ1v) is 0.885. The molecule has 1 rings (SSSR count).